The van der Waals surface area contributed by atoms with Crippen LogP contribution in [-0.2, 0) is 0 Å². The van der Waals surface area contributed by atoms with Crippen LogP contribution < -0.4 is 5.46 Å². The maximum Gasteiger partial charge on any atom is 0.314 e. The first-order valence-electron chi connectivity index (χ1n) is 5.82. The molecule has 0 radical (unpaired) electrons. The van der Waals surface area contributed by atoms with E-state index in [9.17, 15) is 9.50 Å². The van der Waals surface area contributed by atoms with Gasteiger partial charge in [0.2, 0.25) is 0 Å². The number of aromatic hydroxyl groups is 1. The van der Waals surface area contributed by atoms with Gasteiger partial charge in [-0.1, -0.05) is 13.8 Å². The summed E-state index contributed by atoms with van der Waals surface area (Å²) in [4.78, 5) is 8.08. The minimum absolute atomic E-state index is 0.193. The van der Waals surface area contributed by atoms with Crippen LogP contribution >= 0.6 is 0 Å². The van der Waals surface area contributed by atoms with Crippen LogP contribution in [0.4, 0.5) is 4.39 Å². The molecule has 3 nitrogen and oxygen atoms in total. The molecule has 1 N–H and O–H groups in total. The number of benzene rings is 1. The number of aromatic nitrogens is 2. The molecule has 0 aliphatic carbocycles. The van der Waals surface area contributed by atoms with E-state index < -0.39 is 0 Å². The Kier molecular flexibility index (Phi) is 3.32. The maximum atomic E-state index is 12.9. The largest absolute Gasteiger partial charge is 0.479 e. The molecule has 18 heavy (non-hydrogen) atoms. The molecule has 2 aromatic rings. The zero-order chi connectivity index (χ0) is 13.3. The van der Waals surface area contributed by atoms with E-state index in [4.69, 9.17) is 0 Å². The van der Waals surface area contributed by atoms with Crippen molar-refractivity contribution < 1.29 is 9.50 Å². The molecule has 0 aliphatic rings. The summed E-state index contributed by atoms with van der Waals surface area (Å²) in [6.07, 6.45) is 0. The van der Waals surface area contributed by atoms with Crippen molar-refractivity contribution in [2.45, 2.75) is 19.8 Å². The van der Waals surface area contributed by atoms with Gasteiger partial charge in [-0.15, -0.1) is 0 Å². The zero-order valence-electron chi connectivity index (χ0n) is 10.6. The quantitative estimate of drug-likeness (QED) is 0.811. The number of hydrogen-bond donors (Lipinski definition) is 1. The Labute approximate surface area is 106 Å². The minimum atomic E-state index is -0.293. The molecule has 0 amide bonds. The fraction of sp³-hybridized carbons (Fsp3) is 0.231. The van der Waals surface area contributed by atoms with Gasteiger partial charge in [0.05, 0.1) is 5.69 Å². The molecule has 0 saturated heterocycles. The lowest BCUT2D eigenvalue weighted by Gasteiger charge is -2.13. The molecule has 0 spiro atoms. The molecule has 5 heteroatoms. The Morgan fingerprint density at radius 1 is 1.17 bits per heavy atom. The van der Waals surface area contributed by atoms with E-state index in [0.717, 1.165) is 16.7 Å². The van der Waals surface area contributed by atoms with E-state index >= 15 is 0 Å². The third kappa shape index (κ3) is 2.35. The Morgan fingerprint density at radius 2 is 1.78 bits per heavy atom. The standard InChI is InChI=1S/C13H14BFN2O/c1-7(2)11-10(14)12(17-13(18)16-11)8-3-5-9(15)6-4-8/h3-7H,14H2,1-2H3,(H,16,17,18). The van der Waals surface area contributed by atoms with Gasteiger partial charge in [0.15, 0.2) is 0 Å². The van der Waals surface area contributed by atoms with Crippen LogP contribution in [0.3, 0.4) is 0 Å². The van der Waals surface area contributed by atoms with Gasteiger partial charge in [-0.05, 0) is 41.2 Å². The topological polar surface area (TPSA) is 46.0 Å². The SMILES string of the molecule is Bc1c(-c2ccc(F)cc2)nc(O)nc1C(C)C. The van der Waals surface area contributed by atoms with Crippen molar-refractivity contribution in [1.82, 2.24) is 9.97 Å². The molecule has 1 heterocycles. The van der Waals surface area contributed by atoms with Crippen molar-refractivity contribution in [1.29, 1.82) is 0 Å². The molecule has 1 aromatic heterocycles. The third-order valence-corrected chi connectivity index (χ3v) is 2.84. The Hall–Kier alpha value is -1.91. The van der Waals surface area contributed by atoms with E-state index in [1.807, 2.05) is 21.7 Å². The van der Waals surface area contributed by atoms with Crippen LogP contribution in [-0.4, -0.2) is 22.9 Å². The highest BCUT2D eigenvalue weighted by Crippen LogP contribution is 2.20. The van der Waals surface area contributed by atoms with Crippen LogP contribution in [0.5, 0.6) is 6.01 Å². The second-order valence-electron chi connectivity index (χ2n) is 4.54. The van der Waals surface area contributed by atoms with Crippen molar-refractivity contribution in [3.63, 3.8) is 0 Å². The predicted molar refractivity (Wildman–Crippen MR) is 71.4 cm³/mol. The van der Waals surface area contributed by atoms with Gasteiger partial charge in [0.25, 0.3) is 0 Å². The van der Waals surface area contributed by atoms with Gasteiger partial charge in [-0.2, -0.15) is 4.98 Å². The third-order valence-electron chi connectivity index (χ3n) is 2.84. The second kappa shape index (κ2) is 4.76. The average Bonchev–Trinajstić information content (AvgIpc) is 2.32. The minimum Gasteiger partial charge on any atom is -0.479 e. The molecule has 2 rings (SSSR count). The molecule has 92 valence electrons. The first kappa shape index (κ1) is 12.5. The Balaban J connectivity index is 2.60. The van der Waals surface area contributed by atoms with Gasteiger partial charge in [0, 0.05) is 5.69 Å². The molecular weight excluding hydrogens is 230 g/mol. The van der Waals surface area contributed by atoms with Gasteiger partial charge in [0.1, 0.15) is 13.7 Å². The van der Waals surface area contributed by atoms with E-state index in [2.05, 4.69) is 9.97 Å². The summed E-state index contributed by atoms with van der Waals surface area (Å²) in [6.45, 7) is 4.01. The molecular formula is C13H14BFN2O. The zero-order valence-corrected chi connectivity index (χ0v) is 10.6. The van der Waals surface area contributed by atoms with Crippen molar-refractivity contribution >= 4 is 13.3 Å². The number of halogens is 1. The van der Waals surface area contributed by atoms with Crippen LogP contribution in [0.25, 0.3) is 11.3 Å². The summed E-state index contributed by atoms with van der Waals surface area (Å²) in [5.74, 6) is -0.100. The highest BCUT2D eigenvalue weighted by atomic mass is 19.1. The molecule has 0 bridgehead atoms. The van der Waals surface area contributed by atoms with E-state index in [-0.39, 0.29) is 17.7 Å². The second-order valence-corrected chi connectivity index (χ2v) is 4.54. The smallest absolute Gasteiger partial charge is 0.314 e. The van der Waals surface area contributed by atoms with Gasteiger partial charge >= 0.3 is 6.01 Å². The highest BCUT2D eigenvalue weighted by molar-refractivity contribution is 6.36. The van der Waals surface area contributed by atoms with Crippen molar-refractivity contribution in [3.05, 3.63) is 35.8 Å². The molecule has 0 saturated carbocycles. The fourth-order valence-electron chi connectivity index (χ4n) is 1.97. The Bertz CT molecular complexity index is 570. The van der Waals surface area contributed by atoms with Gasteiger partial charge in [-0.3, -0.25) is 0 Å². The van der Waals surface area contributed by atoms with Crippen LogP contribution in [0.2, 0.25) is 0 Å². The monoisotopic (exact) mass is 244 g/mol. The predicted octanol–water partition coefficient (Wildman–Crippen LogP) is 1.37. The summed E-state index contributed by atoms with van der Waals surface area (Å²) in [7, 11) is 1.91. The van der Waals surface area contributed by atoms with Crippen molar-refractivity contribution in [3.8, 4) is 17.3 Å². The lowest BCUT2D eigenvalue weighted by molar-refractivity contribution is 0.428. The Morgan fingerprint density at radius 3 is 2.33 bits per heavy atom. The lowest BCUT2D eigenvalue weighted by atomic mass is 9.85. The summed E-state index contributed by atoms with van der Waals surface area (Å²) in [6, 6.07) is 5.80. The molecule has 0 atom stereocenters. The van der Waals surface area contributed by atoms with Gasteiger partial charge < -0.3 is 5.11 Å². The van der Waals surface area contributed by atoms with E-state index in [0.29, 0.717) is 5.69 Å². The summed E-state index contributed by atoms with van der Waals surface area (Å²) < 4.78 is 12.9. The number of nitrogens with zero attached hydrogens (tertiary/aromatic N) is 2. The normalized spacial score (nSPS) is 10.9. The summed E-state index contributed by atoms with van der Waals surface area (Å²) in [5, 5.41) is 9.59. The van der Waals surface area contributed by atoms with Crippen molar-refractivity contribution in [2.75, 3.05) is 0 Å². The molecule has 1 aromatic carbocycles. The van der Waals surface area contributed by atoms with Crippen molar-refractivity contribution in [2.24, 2.45) is 0 Å². The fourth-order valence-corrected chi connectivity index (χ4v) is 1.97. The summed E-state index contributed by atoms with van der Waals surface area (Å²) >= 11 is 0. The average molecular weight is 244 g/mol. The lowest BCUT2D eigenvalue weighted by Crippen LogP contribution is -2.19. The van der Waals surface area contributed by atoms with Crippen LogP contribution in [0, 0.1) is 5.82 Å². The van der Waals surface area contributed by atoms with Crippen LogP contribution in [0.1, 0.15) is 25.5 Å². The maximum absolute atomic E-state index is 12.9. The summed E-state index contributed by atoms with van der Waals surface area (Å²) in [5.41, 5.74) is 3.14. The number of hydrogen-bond acceptors (Lipinski definition) is 3. The number of rotatable bonds is 2. The molecule has 0 aliphatic heterocycles. The van der Waals surface area contributed by atoms with Crippen LogP contribution in [0.15, 0.2) is 24.3 Å². The highest BCUT2D eigenvalue weighted by Gasteiger charge is 2.14. The first-order chi connectivity index (χ1) is 8.49. The van der Waals surface area contributed by atoms with E-state index in [1.165, 1.54) is 12.1 Å². The van der Waals surface area contributed by atoms with E-state index in [1.54, 1.807) is 12.1 Å². The molecule has 0 fully saturated rings. The van der Waals surface area contributed by atoms with Gasteiger partial charge in [-0.25, -0.2) is 9.37 Å². The molecule has 0 unspecified atom stereocenters. The first-order valence-corrected chi connectivity index (χ1v) is 5.82.